The lowest BCUT2D eigenvalue weighted by Gasteiger charge is -2.24. The van der Waals surface area contributed by atoms with Gasteiger partial charge in [0.2, 0.25) is 5.91 Å². The summed E-state index contributed by atoms with van der Waals surface area (Å²) in [5.74, 6) is 0.449. The fourth-order valence-corrected chi connectivity index (χ4v) is 5.43. The maximum absolute atomic E-state index is 12.4. The van der Waals surface area contributed by atoms with Crippen LogP contribution in [0.25, 0.3) is 0 Å². The van der Waals surface area contributed by atoms with Gasteiger partial charge in [0.25, 0.3) is 0 Å². The Morgan fingerprint density at radius 1 is 1.25 bits per heavy atom. The van der Waals surface area contributed by atoms with Gasteiger partial charge in [-0.05, 0) is 38.5 Å². The second-order valence-electron chi connectivity index (χ2n) is 7.46. The fraction of sp³-hybridized carbons (Fsp3) is 0.800. The maximum atomic E-state index is 12.4. The van der Waals surface area contributed by atoms with Gasteiger partial charge in [-0.2, -0.15) is 0 Å². The van der Waals surface area contributed by atoms with Crippen LogP contribution in [0, 0.1) is 17.3 Å². The average molecular weight is 299 g/mol. The van der Waals surface area contributed by atoms with Gasteiger partial charge < -0.3 is 5.32 Å². The quantitative estimate of drug-likeness (QED) is 0.810. The second-order valence-corrected chi connectivity index (χ2v) is 9.64. The monoisotopic (exact) mass is 299 g/mol. The molecule has 1 N–H and O–H groups in total. The highest BCUT2D eigenvalue weighted by atomic mass is 32.2. The van der Waals surface area contributed by atoms with Crippen LogP contribution in [0.1, 0.15) is 41.0 Å². The Hall–Kier alpha value is -0.840. The zero-order valence-electron chi connectivity index (χ0n) is 13.0. The predicted molar refractivity (Wildman–Crippen MR) is 80.0 cm³/mol. The molecule has 0 spiro atoms. The van der Waals surface area contributed by atoms with Crippen LogP contribution in [0.5, 0.6) is 0 Å². The van der Waals surface area contributed by atoms with Gasteiger partial charge in [-0.25, -0.2) is 8.42 Å². The molecule has 20 heavy (non-hydrogen) atoms. The van der Waals surface area contributed by atoms with E-state index in [1.807, 2.05) is 20.8 Å². The van der Waals surface area contributed by atoms with E-state index in [1.165, 1.54) is 5.57 Å². The standard InChI is InChI=1S/C15H25NO3S/c1-10(2)8-11-12(14(11,3)4)13(17)16-15(5)6-7-20(18,19)9-15/h8,11-12H,6-7,9H2,1-5H3,(H,16,17)/t11-,12+,15+/m1/s1. The van der Waals surface area contributed by atoms with Crippen molar-refractivity contribution in [2.75, 3.05) is 11.5 Å². The minimum atomic E-state index is -2.99. The van der Waals surface area contributed by atoms with Crippen molar-refractivity contribution in [3.05, 3.63) is 11.6 Å². The van der Waals surface area contributed by atoms with Crippen LogP contribution in [0.15, 0.2) is 11.6 Å². The molecule has 5 heteroatoms. The largest absolute Gasteiger partial charge is 0.350 e. The maximum Gasteiger partial charge on any atom is 0.224 e. The van der Waals surface area contributed by atoms with E-state index in [-0.39, 0.29) is 34.7 Å². The van der Waals surface area contributed by atoms with E-state index < -0.39 is 15.4 Å². The molecule has 2 rings (SSSR count). The molecule has 1 saturated heterocycles. The van der Waals surface area contributed by atoms with E-state index in [2.05, 4.69) is 25.2 Å². The van der Waals surface area contributed by atoms with Crippen LogP contribution in [-0.2, 0) is 14.6 Å². The molecule has 0 radical (unpaired) electrons. The number of nitrogens with one attached hydrogen (secondary N) is 1. The zero-order chi connectivity index (χ0) is 15.3. The highest BCUT2D eigenvalue weighted by Gasteiger charge is 2.61. The molecule has 1 aliphatic carbocycles. The van der Waals surface area contributed by atoms with Gasteiger partial charge in [0.05, 0.1) is 23.0 Å². The number of carbonyl (C=O) groups is 1. The van der Waals surface area contributed by atoms with Crippen molar-refractivity contribution < 1.29 is 13.2 Å². The first-order valence-corrected chi connectivity index (χ1v) is 8.96. The van der Waals surface area contributed by atoms with Crippen LogP contribution in [0.4, 0.5) is 0 Å². The lowest BCUT2D eigenvalue weighted by atomic mass is 10.0. The van der Waals surface area contributed by atoms with Gasteiger partial charge >= 0.3 is 0 Å². The van der Waals surface area contributed by atoms with Gasteiger partial charge in [-0.3, -0.25) is 4.79 Å². The van der Waals surface area contributed by atoms with Gasteiger partial charge in [-0.15, -0.1) is 0 Å². The molecule has 2 aliphatic rings. The zero-order valence-corrected chi connectivity index (χ0v) is 13.8. The third-order valence-corrected chi connectivity index (χ3v) is 6.54. The fourth-order valence-electron chi connectivity index (χ4n) is 3.33. The van der Waals surface area contributed by atoms with Crippen molar-refractivity contribution in [3.63, 3.8) is 0 Å². The van der Waals surface area contributed by atoms with Crippen LogP contribution in [0.2, 0.25) is 0 Å². The smallest absolute Gasteiger partial charge is 0.224 e. The van der Waals surface area contributed by atoms with Crippen molar-refractivity contribution >= 4 is 15.7 Å². The summed E-state index contributed by atoms with van der Waals surface area (Å²) in [7, 11) is -2.99. The highest BCUT2D eigenvalue weighted by Crippen LogP contribution is 2.59. The second kappa shape index (κ2) is 4.58. The summed E-state index contributed by atoms with van der Waals surface area (Å²) in [6.45, 7) is 10.1. The molecule has 1 saturated carbocycles. The predicted octanol–water partition coefficient (Wildman–Crippen LogP) is 1.92. The number of sulfone groups is 1. The van der Waals surface area contributed by atoms with Crippen LogP contribution >= 0.6 is 0 Å². The highest BCUT2D eigenvalue weighted by molar-refractivity contribution is 7.91. The summed E-state index contributed by atoms with van der Waals surface area (Å²) in [6, 6.07) is 0. The molecule has 4 nitrogen and oxygen atoms in total. The van der Waals surface area contributed by atoms with E-state index in [9.17, 15) is 13.2 Å². The van der Waals surface area contributed by atoms with Crippen LogP contribution in [-0.4, -0.2) is 31.4 Å². The molecule has 0 aromatic heterocycles. The van der Waals surface area contributed by atoms with Crippen molar-refractivity contribution in [2.45, 2.75) is 46.6 Å². The molecule has 3 atom stereocenters. The summed E-state index contributed by atoms with van der Waals surface area (Å²) in [6.07, 6.45) is 2.67. The molecule has 0 bridgehead atoms. The molecule has 0 aromatic rings. The summed E-state index contributed by atoms with van der Waals surface area (Å²) < 4.78 is 23.2. The molecule has 0 unspecified atom stereocenters. The molecule has 114 valence electrons. The van der Waals surface area contributed by atoms with Crippen LogP contribution < -0.4 is 5.32 Å². The average Bonchev–Trinajstić information content (AvgIpc) is 2.62. The Balaban J connectivity index is 2.06. The van der Waals surface area contributed by atoms with Gasteiger partial charge in [0.1, 0.15) is 0 Å². The third kappa shape index (κ3) is 2.92. The molecule has 1 aliphatic heterocycles. The molecule has 2 fully saturated rings. The normalized spacial score (nSPS) is 37.2. The van der Waals surface area contributed by atoms with Crippen molar-refractivity contribution in [1.29, 1.82) is 0 Å². The van der Waals surface area contributed by atoms with E-state index >= 15 is 0 Å². The molecular weight excluding hydrogens is 274 g/mol. The molecular formula is C15H25NO3S. The Morgan fingerprint density at radius 3 is 2.30 bits per heavy atom. The SMILES string of the molecule is CC(C)=C[C@@H]1[C@@H](C(=O)N[C@@]2(C)CCS(=O)(=O)C2)C1(C)C. The summed E-state index contributed by atoms with van der Waals surface area (Å²) in [5, 5.41) is 2.98. The minimum absolute atomic E-state index is 0.00269. The van der Waals surface area contributed by atoms with E-state index in [4.69, 9.17) is 0 Å². The molecule has 0 aromatic carbocycles. The Kier molecular flexibility index (Phi) is 3.56. The van der Waals surface area contributed by atoms with E-state index in [1.54, 1.807) is 0 Å². The number of rotatable bonds is 3. The lowest BCUT2D eigenvalue weighted by Crippen LogP contribution is -2.48. The Morgan fingerprint density at radius 2 is 1.85 bits per heavy atom. The Bertz CT molecular complexity index is 558. The van der Waals surface area contributed by atoms with Gasteiger partial charge in [0.15, 0.2) is 9.84 Å². The number of allylic oxidation sites excluding steroid dienone is 2. The summed E-state index contributed by atoms with van der Waals surface area (Å²) in [4.78, 5) is 12.4. The summed E-state index contributed by atoms with van der Waals surface area (Å²) in [5.41, 5.74) is 0.590. The van der Waals surface area contributed by atoms with Gasteiger partial charge in [-0.1, -0.05) is 25.5 Å². The van der Waals surface area contributed by atoms with E-state index in [0.717, 1.165) is 0 Å². The van der Waals surface area contributed by atoms with E-state index in [0.29, 0.717) is 6.42 Å². The first-order valence-electron chi connectivity index (χ1n) is 7.14. The lowest BCUT2D eigenvalue weighted by molar-refractivity contribution is -0.124. The first-order chi connectivity index (χ1) is 8.97. The van der Waals surface area contributed by atoms with Crippen molar-refractivity contribution in [1.82, 2.24) is 5.32 Å². The number of hydrogen-bond donors (Lipinski definition) is 1. The summed E-state index contributed by atoms with van der Waals surface area (Å²) >= 11 is 0. The van der Waals surface area contributed by atoms with Crippen molar-refractivity contribution in [2.24, 2.45) is 17.3 Å². The Labute approximate surface area is 121 Å². The number of amides is 1. The molecule has 1 amide bonds. The van der Waals surface area contributed by atoms with Crippen molar-refractivity contribution in [3.8, 4) is 0 Å². The minimum Gasteiger partial charge on any atom is -0.350 e. The molecule has 1 heterocycles. The van der Waals surface area contributed by atoms with Crippen LogP contribution in [0.3, 0.4) is 0 Å². The van der Waals surface area contributed by atoms with Gasteiger partial charge in [0, 0.05) is 0 Å². The first kappa shape index (κ1) is 15.5. The topological polar surface area (TPSA) is 63.2 Å². The number of hydrogen-bond acceptors (Lipinski definition) is 3. The third-order valence-electron chi connectivity index (χ3n) is 4.63. The number of carbonyl (C=O) groups excluding carboxylic acids is 1.